The summed E-state index contributed by atoms with van der Waals surface area (Å²) in [6.07, 6.45) is -1.53. The van der Waals surface area contributed by atoms with Crippen LogP contribution in [0, 0.1) is 5.41 Å². The highest BCUT2D eigenvalue weighted by Crippen LogP contribution is 2.48. The number of anilines is 1. The van der Waals surface area contributed by atoms with E-state index in [9.17, 15) is 22.8 Å². The van der Waals surface area contributed by atoms with Gasteiger partial charge >= 0.3 is 6.18 Å². The zero-order valence-corrected chi connectivity index (χ0v) is 12.4. The van der Waals surface area contributed by atoms with Gasteiger partial charge in [0.15, 0.2) is 0 Å². The highest BCUT2D eigenvalue weighted by molar-refractivity contribution is 6.13. The maximum atomic E-state index is 12.5. The van der Waals surface area contributed by atoms with Crippen LogP contribution in [0.15, 0.2) is 24.3 Å². The van der Waals surface area contributed by atoms with Crippen molar-refractivity contribution < 1.29 is 22.8 Å². The quantitative estimate of drug-likeness (QED) is 0.868. The third-order valence-corrected chi connectivity index (χ3v) is 4.46. The minimum Gasteiger partial charge on any atom is -0.342 e. The van der Waals surface area contributed by atoms with Gasteiger partial charge in [-0.15, -0.1) is 0 Å². The van der Waals surface area contributed by atoms with Crippen molar-refractivity contribution in [3.63, 3.8) is 0 Å². The molecule has 1 heterocycles. The van der Waals surface area contributed by atoms with Gasteiger partial charge in [0.05, 0.1) is 5.56 Å². The Kier molecular flexibility index (Phi) is 3.82. The van der Waals surface area contributed by atoms with Crippen LogP contribution in [0.25, 0.3) is 0 Å². The SMILES string of the molecule is O=C(Nc1ccc(C(F)(F)F)cc1)C1(C(=O)N2CCCC2)CC1. The fourth-order valence-electron chi connectivity index (χ4n) is 2.88. The topological polar surface area (TPSA) is 49.4 Å². The number of carbonyl (C=O) groups is 2. The maximum absolute atomic E-state index is 12.5. The minimum absolute atomic E-state index is 0.153. The number of likely N-dealkylation sites (tertiary alicyclic amines) is 1. The molecular formula is C16H17F3N2O2. The number of carbonyl (C=O) groups excluding carboxylic acids is 2. The van der Waals surface area contributed by atoms with Gasteiger partial charge in [0, 0.05) is 18.8 Å². The number of rotatable bonds is 3. The lowest BCUT2D eigenvalue weighted by molar-refractivity contribution is -0.141. The van der Waals surface area contributed by atoms with Crippen LogP contribution >= 0.6 is 0 Å². The molecule has 4 nitrogen and oxygen atoms in total. The van der Waals surface area contributed by atoms with Gasteiger partial charge in [-0.3, -0.25) is 9.59 Å². The van der Waals surface area contributed by atoms with E-state index in [1.54, 1.807) is 4.90 Å². The zero-order valence-electron chi connectivity index (χ0n) is 12.4. The summed E-state index contributed by atoms with van der Waals surface area (Å²) in [7, 11) is 0. The van der Waals surface area contributed by atoms with E-state index < -0.39 is 23.1 Å². The van der Waals surface area contributed by atoms with Crippen molar-refractivity contribution in [2.45, 2.75) is 31.9 Å². The van der Waals surface area contributed by atoms with Gasteiger partial charge in [-0.1, -0.05) is 0 Å². The van der Waals surface area contributed by atoms with Crippen molar-refractivity contribution >= 4 is 17.5 Å². The molecule has 1 aliphatic heterocycles. The number of nitrogens with zero attached hydrogens (tertiary/aromatic N) is 1. The molecule has 1 aromatic carbocycles. The molecule has 1 aliphatic carbocycles. The average Bonchev–Trinajstić information content (AvgIpc) is 3.14. The molecule has 23 heavy (non-hydrogen) atoms. The van der Waals surface area contributed by atoms with E-state index >= 15 is 0 Å². The lowest BCUT2D eigenvalue weighted by atomic mass is 10.0. The molecular weight excluding hydrogens is 309 g/mol. The van der Waals surface area contributed by atoms with E-state index in [1.807, 2.05) is 0 Å². The second-order valence-corrected chi connectivity index (χ2v) is 6.11. The van der Waals surface area contributed by atoms with Crippen LogP contribution in [0.5, 0.6) is 0 Å². The highest BCUT2D eigenvalue weighted by atomic mass is 19.4. The van der Waals surface area contributed by atoms with E-state index in [1.165, 1.54) is 12.1 Å². The van der Waals surface area contributed by atoms with Crippen molar-refractivity contribution in [1.29, 1.82) is 0 Å². The van der Waals surface area contributed by atoms with Crippen molar-refractivity contribution in [2.75, 3.05) is 18.4 Å². The van der Waals surface area contributed by atoms with E-state index in [-0.39, 0.29) is 11.6 Å². The molecule has 1 N–H and O–H groups in total. The van der Waals surface area contributed by atoms with Gasteiger partial charge in [0.2, 0.25) is 11.8 Å². The van der Waals surface area contributed by atoms with Gasteiger partial charge in [-0.25, -0.2) is 0 Å². The van der Waals surface area contributed by atoms with Gasteiger partial charge in [-0.2, -0.15) is 13.2 Å². The van der Waals surface area contributed by atoms with Crippen LogP contribution in [-0.2, 0) is 15.8 Å². The first-order valence-electron chi connectivity index (χ1n) is 7.61. The number of hydrogen-bond donors (Lipinski definition) is 1. The Morgan fingerprint density at radius 3 is 2.09 bits per heavy atom. The molecule has 0 atom stereocenters. The lowest BCUT2D eigenvalue weighted by Gasteiger charge is -2.22. The third-order valence-electron chi connectivity index (χ3n) is 4.46. The van der Waals surface area contributed by atoms with Crippen LogP contribution in [0.3, 0.4) is 0 Å². The normalized spacial score (nSPS) is 19.5. The Balaban J connectivity index is 1.68. The summed E-state index contributed by atoms with van der Waals surface area (Å²) in [6.45, 7) is 1.35. The molecule has 0 spiro atoms. The molecule has 0 radical (unpaired) electrons. The number of halogens is 3. The van der Waals surface area contributed by atoms with Crippen LogP contribution in [0.4, 0.5) is 18.9 Å². The predicted octanol–water partition coefficient (Wildman–Crippen LogP) is 3.05. The molecule has 1 saturated heterocycles. The summed E-state index contributed by atoms with van der Waals surface area (Å²) in [6, 6.07) is 4.24. The van der Waals surface area contributed by atoms with Crippen LogP contribution in [0.2, 0.25) is 0 Å². The first kappa shape index (κ1) is 15.8. The Morgan fingerprint density at radius 1 is 1.04 bits per heavy atom. The molecule has 0 bridgehead atoms. The van der Waals surface area contributed by atoms with E-state index in [4.69, 9.17) is 0 Å². The van der Waals surface area contributed by atoms with Gasteiger partial charge in [0.1, 0.15) is 5.41 Å². The van der Waals surface area contributed by atoms with E-state index in [0.717, 1.165) is 25.0 Å². The molecule has 124 valence electrons. The van der Waals surface area contributed by atoms with Crippen molar-refractivity contribution in [1.82, 2.24) is 4.90 Å². The minimum atomic E-state index is -4.41. The molecule has 2 amide bonds. The Morgan fingerprint density at radius 2 is 1.61 bits per heavy atom. The van der Waals surface area contributed by atoms with Gasteiger partial charge < -0.3 is 10.2 Å². The maximum Gasteiger partial charge on any atom is 0.416 e. The monoisotopic (exact) mass is 326 g/mol. The molecule has 1 aromatic rings. The van der Waals surface area contributed by atoms with E-state index in [2.05, 4.69) is 5.32 Å². The first-order chi connectivity index (χ1) is 10.8. The summed E-state index contributed by atoms with van der Waals surface area (Å²) in [4.78, 5) is 26.6. The average molecular weight is 326 g/mol. The predicted molar refractivity (Wildman–Crippen MR) is 77.6 cm³/mol. The molecule has 3 rings (SSSR count). The number of nitrogens with one attached hydrogen (secondary N) is 1. The van der Waals surface area contributed by atoms with Crippen LogP contribution in [0.1, 0.15) is 31.2 Å². The Bertz CT molecular complexity index is 615. The number of alkyl halides is 3. The summed E-state index contributed by atoms with van der Waals surface area (Å²) in [5.74, 6) is -0.575. The summed E-state index contributed by atoms with van der Waals surface area (Å²) >= 11 is 0. The largest absolute Gasteiger partial charge is 0.416 e. The van der Waals surface area contributed by atoms with Crippen molar-refractivity contribution in [2.24, 2.45) is 5.41 Å². The van der Waals surface area contributed by atoms with Crippen LogP contribution in [-0.4, -0.2) is 29.8 Å². The summed E-state index contributed by atoms with van der Waals surface area (Å²) in [5.41, 5.74) is -1.53. The van der Waals surface area contributed by atoms with Crippen molar-refractivity contribution in [3.8, 4) is 0 Å². The fraction of sp³-hybridized carbons (Fsp3) is 0.500. The highest BCUT2D eigenvalue weighted by Gasteiger charge is 2.58. The standard InChI is InChI=1S/C16H17F3N2O2/c17-16(18,19)11-3-5-12(6-4-11)20-13(22)15(7-8-15)14(23)21-9-1-2-10-21/h3-6H,1-2,7-10H2,(H,20,22). The van der Waals surface area contributed by atoms with E-state index in [0.29, 0.717) is 25.9 Å². The lowest BCUT2D eigenvalue weighted by Crippen LogP contribution is -2.41. The molecule has 0 unspecified atom stereocenters. The number of benzene rings is 1. The van der Waals surface area contributed by atoms with Crippen molar-refractivity contribution in [3.05, 3.63) is 29.8 Å². The summed E-state index contributed by atoms with van der Waals surface area (Å²) < 4.78 is 37.6. The third kappa shape index (κ3) is 3.04. The zero-order chi connectivity index (χ0) is 16.7. The van der Waals surface area contributed by atoms with Crippen LogP contribution < -0.4 is 5.32 Å². The second kappa shape index (κ2) is 5.54. The Hall–Kier alpha value is -2.05. The molecule has 2 aliphatic rings. The molecule has 1 saturated carbocycles. The van der Waals surface area contributed by atoms with Gasteiger partial charge in [0.25, 0.3) is 0 Å². The number of hydrogen-bond acceptors (Lipinski definition) is 2. The van der Waals surface area contributed by atoms with Gasteiger partial charge in [-0.05, 0) is 49.9 Å². The fourth-order valence-corrected chi connectivity index (χ4v) is 2.88. The first-order valence-corrected chi connectivity index (χ1v) is 7.61. The number of amides is 2. The second-order valence-electron chi connectivity index (χ2n) is 6.11. The molecule has 0 aromatic heterocycles. The molecule has 7 heteroatoms. The smallest absolute Gasteiger partial charge is 0.342 e. The molecule has 2 fully saturated rings. The summed E-state index contributed by atoms with van der Waals surface area (Å²) in [5, 5.41) is 2.57. The Labute approximate surface area is 131 Å².